The number of anilines is 1. The summed E-state index contributed by atoms with van der Waals surface area (Å²) in [5.74, 6) is -1.40. The van der Waals surface area contributed by atoms with Crippen molar-refractivity contribution in [3.8, 4) is 0 Å². The summed E-state index contributed by atoms with van der Waals surface area (Å²) in [6, 6.07) is 3.79. The predicted molar refractivity (Wildman–Crippen MR) is 59.9 cm³/mol. The van der Waals surface area contributed by atoms with Gasteiger partial charge in [0.2, 0.25) is 0 Å². The number of carboxylic acid groups (broad SMARTS) is 1. The van der Waals surface area contributed by atoms with Crippen molar-refractivity contribution in [3.05, 3.63) is 29.6 Å². The fraction of sp³-hybridized carbons (Fsp3) is 0.364. The Morgan fingerprint density at radius 2 is 2.19 bits per heavy atom. The van der Waals surface area contributed by atoms with Crippen LogP contribution < -0.4 is 10.6 Å². The number of rotatable bonds is 4. The maximum atomic E-state index is 13.6. The first-order valence-electron chi connectivity index (χ1n) is 4.86. The molecule has 0 saturated heterocycles. The minimum atomic E-state index is -0.999. The quantitative estimate of drug-likeness (QED) is 0.813. The molecule has 1 rings (SSSR count). The molecule has 1 unspecified atom stereocenters. The van der Waals surface area contributed by atoms with Gasteiger partial charge in [0.1, 0.15) is 5.82 Å². The van der Waals surface area contributed by atoms with Gasteiger partial charge in [-0.2, -0.15) is 0 Å². The first-order chi connectivity index (χ1) is 7.43. The van der Waals surface area contributed by atoms with Gasteiger partial charge in [-0.05, 0) is 11.6 Å². The fourth-order valence-corrected chi connectivity index (χ4v) is 1.60. The van der Waals surface area contributed by atoms with Crippen molar-refractivity contribution < 1.29 is 14.3 Å². The highest BCUT2D eigenvalue weighted by molar-refractivity contribution is 5.69. The Balaban J connectivity index is 3.12. The lowest BCUT2D eigenvalue weighted by molar-refractivity contribution is -0.137. The van der Waals surface area contributed by atoms with Crippen molar-refractivity contribution >= 4 is 11.7 Å². The second kappa shape index (κ2) is 4.94. The van der Waals surface area contributed by atoms with Gasteiger partial charge in [0.25, 0.3) is 0 Å². The van der Waals surface area contributed by atoms with Crippen LogP contribution in [0.3, 0.4) is 0 Å². The molecule has 0 aliphatic rings. The molecule has 0 radical (unpaired) electrons. The highest BCUT2D eigenvalue weighted by atomic mass is 19.1. The second-order valence-electron chi connectivity index (χ2n) is 3.78. The van der Waals surface area contributed by atoms with Crippen LogP contribution in [-0.2, 0) is 4.79 Å². The van der Waals surface area contributed by atoms with E-state index in [1.165, 1.54) is 12.1 Å². The zero-order valence-electron chi connectivity index (χ0n) is 9.27. The molecule has 1 aromatic carbocycles. The van der Waals surface area contributed by atoms with Crippen molar-refractivity contribution in [3.63, 3.8) is 0 Å². The molecular weight excluding hydrogens is 211 g/mol. The van der Waals surface area contributed by atoms with Crippen molar-refractivity contribution in [2.45, 2.75) is 12.5 Å². The summed E-state index contributed by atoms with van der Waals surface area (Å²) in [6.45, 7) is 0. The summed E-state index contributed by atoms with van der Waals surface area (Å²) in [6.07, 6.45) is -0.218. The molecule has 0 fully saturated rings. The molecular formula is C11H15FN2O2. The van der Waals surface area contributed by atoms with Crippen molar-refractivity contribution in [2.75, 3.05) is 19.0 Å². The van der Waals surface area contributed by atoms with Crippen LogP contribution in [0, 0.1) is 5.82 Å². The van der Waals surface area contributed by atoms with E-state index in [1.807, 2.05) is 0 Å². The molecule has 5 heteroatoms. The third-order valence-electron chi connectivity index (χ3n) is 2.26. The Morgan fingerprint density at radius 3 is 2.69 bits per heavy atom. The van der Waals surface area contributed by atoms with Crippen molar-refractivity contribution in [1.29, 1.82) is 0 Å². The summed E-state index contributed by atoms with van der Waals surface area (Å²) in [4.78, 5) is 12.2. The number of halogens is 1. The summed E-state index contributed by atoms with van der Waals surface area (Å²) >= 11 is 0. The van der Waals surface area contributed by atoms with E-state index >= 15 is 0 Å². The third kappa shape index (κ3) is 2.70. The number of hydrogen-bond donors (Lipinski definition) is 2. The van der Waals surface area contributed by atoms with Gasteiger partial charge in [-0.3, -0.25) is 4.79 Å². The van der Waals surface area contributed by atoms with E-state index in [1.54, 1.807) is 25.1 Å². The van der Waals surface area contributed by atoms with Crippen LogP contribution in [0.25, 0.3) is 0 Å². The zero-order chi connectivity index (χ0) is 12.3. The molecule has 88 valence electrons. The van der Waals surface area contributed by atoms with Gasteiger partial charge in [-0.1, -0.05) is 12.1 Å². The Kier molecular flexibility index (Phi) is 3.84. The predicted octanol–water partition coefficient (Wildman–Crippen LogP) is 1.37. The summed E-state index contributed by atoms with van der Waals surface area (Å²) in [5, 5.41) is 8.66. The smallest absolute Gasteiger partial charge is 0.305 e. The highest BCUT2D eigenvalue weighted by Crippen LogP contribution is 2.28. The SMILES string of the molecule is CN(C)c1c(F)cccc1C(N)CC(=O)O. The van der Waals surface area contributed by atoms with E-state index in [0.29, 0.717) is 11.3 Å². The van der Waals surface area contributed by atoms with Gasteiger partial charge in [0.05, 0.1) is 12.1 Å². The second-order valence-corrected chi connectivity index (χ2v) is 3.78. The number of para-hydroxylation sites is 1. The molecule has 0 aromatic heterocycles. The summed E-state index contributed by atoms with van der Waals surface area (Å²) in [7, 11) is 3.38. The van der Waals surface area contributed by atoms with Gasteiger partial charge in [0.15, 0.2) is 0 Å². The lowest BCUT2D eigenvalue weighted by Crippen LogP contribution is -2.20. The molecule has 0 aliphatic heterocycles. The molecule has 0 aliphatic carbocycles. The maximum absolute atomic E-state index is 13.6. The number of nitrogens with two attached hydrogens (primary N) is 1. The topological polar surface area (TPSA) is 66.6 Å². The molecule has 0 bridgehead atoms. The molecule has 1 aromatic rings. The molecule has 0 heterocycles. The summed E-state index contributed by atoms with van der Waals surface area (Å²) < 4.78 is 13.6. The van der Waals surface area contributed by atoms with E-state index < -0.39 is 17.8 Å². The van der Waals surface area contributed by atoms with Crippen LogP contribution in [-0.4, -0.2) is 25.2 Å². The van der Waals surface area contributed by atoms with Crippen molar-refractivity contribution in [1.82, 2.24) is 0 Å². The molecule has 0 saturated carbocycles. The number of benzene rings is 1. The maximum Gasteiger partial charge on any atom is 0.305 e. The minimum absolute atomic E-state index is 0.218. The normalized spacial score (nSPS) is 12.2. The van der Waals surface area contributed by atoms with Crippen LogP contribution in [0.4, 0.5) is 10.1 Å². The Morgan fingerprint density at radius 1 is 1.56 bits per heavy atom. The van der Waals surface area contributed by atoms with E-state index in [0.717, 1.165) is 0 Å². The first-order valence-corrected chi connectivity index (χ1v) is 4.86. The van der Waals surface area contributed by atoms with E-state index in [2.05, 4.69) is 0 Å². The molecule has 1 atom stereocenters. The van der Waals surface area contributed by atoms with Crippen LogP contribution in [0.15, 0.2) is 18.2 Å². The minimum Gasteiger partial charge on any atom is -0.481 e. The number of carbonyl (C=O) groups is 1. The third-order valence-corrected chi connectivity index (χ3v) is 2.26. The highest BCUT2D eigenvalue weighted by Gasteiger charge is 2.18. The van der Waals surface area contributed by atoms with Gasteiger partial charge in [0, 0.05) is 20.1 Å². The van der Waals surface area contributed by atoms with E-state index in [9.17, 15) is 9.18 Å². The van der Waals surface area contributed by atoms with E-state index in [4.69, 9.17) is 10.8 Å². The van der Waals surface area contributed by atoms with Gasteiger partial charge >= 0.3 is 5.97 Å². The van der Waals surface area contributed by atoms with Crippen LogP contribution >= 0.6 is 0 Å². The van der Waals surface area contributed by atoms with Gasteiger partial charge in [-0.25, -0.2) is 4.39 Å². The van der Waals surface area contributed by atoms with Gasteiger partial charge in [-0.15, -0.1) is 0 Å². The lowest BCUT2D eigenvalue weighted by Gasteiger charge is -2.21. The largest absolute Gasteiger partial charge is 0.481 e. The Bertz CT molecular complexity index is 394. The monoisotopic (exact) mass is 226 g/mol. The molecule has 0 spiro atoms. The van der Waals surface area contributed by atoms with Crippen LogP contribution in [0.1, 0.15) is 18.0 Å². The van der Waals surface area contributed by atoms with Crippen molar-refractivity contribution in [2.24, 2.45) is 5.73 Å². The first kappa shape index (κ1) is 12.4. The van der Waals surface area contributed by atoms with E-state index in [-0.39, 0.29) is 6.42 Å². The molecule has 3 N–H and O–H groups in total. The molecule has 4 nitrogen and oxygen atoms in total. The zero-order valence-corrected chi connectivity index (χ0v) is 9.27. The average molecular weight is 226 g/mol. The molecule has 0 amide bonds. The average Bonchev–Trinajstić information content (AvgIpc) is 2.15. The standard InChI is InChI=1S/C11H15FN2O2/c1-14(2)11-7(4-3-5-8(11)12)9(13)6-10(15)16/h3-5,9H,6,13H2,1-2H3,(H,15,16). The lowest BCUT2D eigenvalue weighted by atomic mass is 10.0. The number of nitrogens with zero attached hydrogens (tertiary/aromatic N) is 1. The Hall–Kier alpha value is -1.62. The Labute approximate surface area is 93.5 Å². The van der Waals surface area contributed by atoms with Gasteiger partial charge < -0.3 is 15.7 Å². The number of carboxylic acids is 1. The number of hydrogen-bond acceptors (Lipinski definition) is 3. The molecule has 16 heavy (non-hydrogen) atoms. The van der Waals surface area contributed by atoms with Crippen LogP contribution in [0.2, 0.25) is 0 Å². The number of aliphatic carboxylic acids is 1. The fourth-order valence-electron chi connectivity index (χ4n) is 1.60. The summed E-state index contributed by atoms with van der Waals surface area (Å²) in [5.41, 5.74) is 6.58. The van der Waals surface area contributed by atoms with Crippen LogP contribution in [0.5, 0.6) is 0 Å².